The standard InChI is InChI=1S/C22H17ClF3NO2/c23-15-9-7-13(8-10-15)17-12-20(29)27(18-5-2-6-19(28)21(17)18)16-4-1-3-14(11-16)22(24,25)26/h1,3-4,7-11,17H,2,5-6,12H2. The maximum absolute atomic E-state index is 13.2. The van der Waals surface area contributed by atoms with Crippen LogP contribution in [0.25, 0.3) is 0 Å². The van der Waals surface area contributed by atoms with Crippen molar-refractivity contribution in [3.63, 3.8) is 0 Å². The maximum atomic E-state index is 13.2. The minimum Gasteiger partial charge on any atom is -0.294 e. The fraction of sp³-hybridized carbons (Fsp3) is 0.273. The number of rotatable bonds is 2. The van der Waals surface area contributed by atoms with Crippen LogP contribution in [0.4, 0.5) is 18.9 Å². The van der Waals surface area contributed by atoms with Gasteiger partial charge in [-0.2, -0.15) is 13.2 Å². The summed E-state index contributed by atoms with van der Waals surface area (Å²) in [5.74, 6) is -0.794. The molecular weight excluding hydrogens is 403 g/mol. The van der Waals surface area contributed by atoms with Crippen LogP contribution >= 0.6 is 11.6 Å². The number of anilines is 1. The van der Waals surface area contributed by atoms with E-state index in [0.29, 0.717) is 35.6 Å². The van der Waals surface area contributed by atoms with E-state index >= 15 is 0 Å². The first-order chi connectivity index (χ1) is 13.8. The van der Waals surface area contributed by atoms with Gasteiger partial charge in [0.05, 0.1) is 5.56 Å². The van der Waals surface area contributed by atoms with Gasteiger partial charge in [-0.15, -0.1) is 0 Å². The molecule has 0 fully saturated rings. The van der Waals surface area contributed by atoms with Gasteiger partial charge in [0.25, 0.3) is 0 Å². The summed E-state index contributed by atoms with van der Waals surface area (Å²) in [6.07, 6.45) is -3.10. The molecule has 1 atom stereocenters. The van der Waals surface area contributed by atoms with Crippen molar-refractivity contribution in [3.8, 4) is 0 Å². The third-order valence-corrected chi connectivity index (χ3v) is 5.63. The number of allylic oxidation sites excluding steroid dienone is 2. The van der Waals surface area contributed by atoms with Crippen molar-refractivity contribution < 1.29 is 22.8 Å². The van der Waals surface area contributed by atoms with Gasteiger partial charge in [0.1, 0.15) is 0 Å². The molecule has 150 valence electrons. The fourth-order valence-electron chi connectivity index (χ4n) is 4.09. The molecule has 1 amide bonds. The molecule has 1 aliphatic heterocycles. The lowest BCUT2D eigenvalue weighted by molar-refractivity contribution is -0.137. The fourth-order valence-corrected chi connectivity index (χ4v) is 4.22. The third kappa shape index (κ3) is 3.69. The second kappa shape index (κ2) is 7.34. The van der Waals surface area contributed by atoms with Crippen LogP contribution in [0.2, 0.25) is 5.02 Å². The average molecular weight is 420 g/mol. The molecule has 1 unspecified atom stereocenters. The predicted molar refractivity (Wildman–Crippen MR) is 104 cm³/mol. The van der Waals surface area contributed by atoms with Crippen LogP contribution in [0, 0.1) is 0 Å². The highest BCUT2D eigenvalue weighted by Gasteiger charge is 2.40. The molecule has 1 aliphatic carbocycles. The first kappa shape index (κ1) is 19.7. The monoisotopic (exact) mass is 419 g/mol. The van der Waals surface area contributed by atoms with E-state index < -0.39 is 17.7 Å². The van der Waals surface area contributed by atoms with E-state index in [4.69, 9.17) is 11.6 Å². The first-order valence-corrected chi connectivity index (χ1v) is 9.65. The molecule has 2 aromatic rings. The van der Waals surface area contributed by atoms with Crippen molar-refractivity contribution in [2.75, 3.05) is 4.90 Å². The molecule has 0 aromatic heterocycles. The molecular formula is C22H17ClF3NO2. The summed E-state index contributed by atoms with van der Waals surface area (Å²) in [6.45, 7) is 0. The minimum atomic E-state index is -4.51. The molecule has 2 aromatic carbocycles. The Morgan fingerprint density at radius 3 is 2.41 bits per heavy atom. The lowest BCUT2D eigenvalue weighted by Crippen LogP contribution is -2.40. The molecule has 0 spiro atoms. The highest BCUT2D eigenvalue weighted by atomic mass is 35.5. The van der Waals surface area contributed by atoms with Gasteiger partial charge in [-0.05, 0) is 48.7 Å². The third-order valence-electron chi connectivity index (χ3n) is 5.38. The maximum Gasteiger partial charge on any atom is 0.416 e. The highest BCUT2D eigenvalue weighted by molar-refractivity contribution is 6.30. The summed E-state index contributed by atoms with van der Waals surface area (Å²) in [6, 6.07) is 11.7. The van der Waals surface area contributed by atoms with Crippen molar-refractivity contribution >= 4 is 29.0 Å². The van der Waals surface area contributed by atoms with Crippen molar-refractivity contribution in [1.29, 1.82) is 0 Å². The van der Waals surface area contributed by atoms with E-state index in [2.05, 4.69) is 0 Å². The molecule has 7 heteroatoms. The van der Waals surface area contributed by atoms with Gasteiger partial charge in [0.2, 0.25) is 5.91 Å². The van der Waals surface area contributed by atoms with Gasteiger partial charge in [-0.1, -0.05) is 29.8 Å². The van der Waals surface area contributed by atoms with Gasteiger partial charge in [0, 0.05) is 40.7 Å². The molecule has 3 nitrogen and oxygen atoms in total. The summed E-state index contributed by atoms with van der Waals surface area (Å²) in [5.41, 5.74) is 1.15. The Bertz CT molecular complexity index is 1010. The lowest BCUT2D eigenvalue weighted by atomic mass is 9.77. The van der Waals surface area contributed by atoms with E-state index in [1.165, 1.54) is 17.0 Å². The molecule has 0 bridgehead atoms. The number of hydrogen-bond donors (Lipinski definition) is 0. The topological polar surface area (TPSA) is 37.4 Å². The Balaban J connectivity index is 1.84. The summed E-state index contributed by atoms with van der Waals surface area (Å²) in [7, 11) is 0. The summed E-state index contributed by atoms with van der Waals surface area (Å²) >= 11 is 5.95. The molecule has 0 saturated heterocycles. The first-order valence-electron chi connectivity index (χ1n) is 9.27. The Hall–Kier alpha value is -2.60. The Labute approximate surface area is 170 Å². The largest absolute Gasteiger partial charge is 0.416 e. The van der Waals surface area contributed by atoms with E-state index in [1.54, 1.807) is 24.3 Å². The number of carbonyl (C=O) groups excluding carboxylic acids is 2. The highest BCUT2D eigenvalue weighted by Crippen LogP contribution is 2.44. The van der Waals surface area contributed by atoms with Crippen molar-refractivity contribution in [1.82, 2.24) is 0 Å². The molecule has 2 aliphatic rings. The van der Waals surface area contributed by atoms with E-state index in [1.807, 2.05) is 0 Å². The number of nitrogens with zero attached hydrogens (tertiary/aromatic N) is 1. The number of halogens is 4. The van der Waals surface area contributed by atoms with Gasteiger partial charge >= 0.3 is 6.18 Å². The second-order valence-electron chi connectivity index (χ2n) is 7.22. The normalized spacial score (nSPS) is 20.1. The number of hydrogen-bond acceptors (Lipinski definition) is 2. The molecule has 1 heterocycles. The summed E-state index contributed by atoms with van der Waals surface area (Å²) in [4.78, 5) is 27.1. The van der Waals surface area contributed by atoms with Crippen LogP contribution < -0.4 is 4.90 Å². The smallest absolute Gasteiger partial charge is 0.294 e. The van der Waals surface area contributed by atoms with E-state index in [0.717, 1.165) is 17.7 Å². The summed E-state index contributed by atoms with van der Waals surface area (Å²) in [5, 5.41) is 0.547. The van der Waals surface area contributed by atoms with E-state index in [-0.39, 0.29) is 23.8 Å². The Morgan fingerprint density at radius 2 is 1.72 bits per heavy atom. The Kier molecular flexibility index (Phi) is 4.99. The number of benzene rings is 2. The quantitative estimate of drug-likeness (QED) is 0.609. The van der Waals surface area contributed by atoms with Gasteiger partial charge in [-0.3, -0.25) is 14.5 Å². The average Bonchev–Trinajstić information content (AvgIpc) is 2.67. The lowest BCUT2D eigenvalue weighted by Gasteiger charge is -2.38. The molecule has 0 N–H and O–H groups in total. The van der Waals surface area contributed by atoms with Crippen molar-refractivity contribution in [2.45, 2.75) is 37.8 Å². The Morgan fingerprint density at radius 1 is 1.00 bits per heavy atom. The number of alkyl halides is 3. The number of carbonyl (C=O) groups is 2. The molecule has 0 saturated carbocycles. The van der Waals surface area contributed by atoms with Crippen LogP contribution in [0.5, 0.6) is 0 Å². The SMILES string of the molecule is O=C1CCCC2=C1C(c1ccc(Cl)cc1)CC(=O)N2c1cccc(C(F)(F)F)c1. The summed E-state index contributed by atoms with van der Waals surface area (Å²) < 4.78 is 39.5. The van der Waals surface area contributed by atoms with Gasteiger partial charge < -0.3 is 0 Å². The van der Waals surface area contributed by atoms with Gasteiger partial charge in [-0.25, -0.2) is 0 Å². The van der Waals surface area contributed by atoms with E-state index in [9.17, 15) is 22.8 Å². The van der Waals surface area contributed by atoms with Crippen LogP contribution in [-0.4, -0.2) is 11.7 Å². The second-order valence-corrected chi connectivity index (χ2v) is 7.66. The number of ketones is 1. The van der Waals surface area contributed by atoms with Crippen LogP contribution in [-0.2, 0) is 15.8 Å². The van der Waals surface area contributed by atoms with Crippen molar-refractivity contribution in [2.24, 2.45) is 0 Å². The van der Waals surface area contributed by atoms with Gasteiger partial charge in [0.15, 0.2) is 5.78 Å². The van der Waals surface area contributed by atoms with Crippen molar-refractivity contribution in [3.05, 3.63) is 76.0 Å². The zero-order chi connectivity index (χ0) is 20.8. The van der Waals surface area contributed by atoms with Crippen LogP contribution in [0.1, 0.15) is 42.7 Å². The molecule has 0 radical (unpaired) electrons. The minimum absolute atomic E-state index is 0.0163. The molecule has 29 heavy (non-hydrogen) atoms. The number of amides is 1. The van der Waals surface area contributed by atoms with Crippen LogP contribution in [0.3, 0.4) is 0 Å². The zero-order valence-corrected chi connectivity index (χ0v) is 16.1. The zero-order valence-electron chi connectivity index (χ0n) is 15.3. The number of Topliss-reactive ketones (excluding diaryl/α,β-unsaturated/α-hetero) is 1. The van der Waals surface area contributed by atoms with Crippen LogP contribution in [0.15, 0.2) is 59.8 Å². The predicted octanol–water partition coefficient (Wildman–Crippen LogP) is 5.89. The molecule has 4 rings (SSSR count).